The minimum absolute atomic E-state index is 0.255. The van der Waals surface area contributed by atoms with Crippen LogP contribution in [0.25, 0.3) is 6.08 Å². The Morgan fingerprint density at radius 2 is 2.04 bits per heavy atom. The predicted octanol–water partition coefficient (Wildman–Crippen LogP) is 2.18. The van der Waals surface area contributed by atoms with Gasteiger partial charge in [-0.25, -0.2) is 4.79 Å². The summed E-state index contributed by atoms with van der Waals surface area (Å²) >= 11 is 0. The first-order chi connectivity index (χ1) is 11.2. The highest BCUT2D eigenvalue weighted by atomic mass is 16.5. The van der Waals surface area contributed by atoms with Crippen LogP contribution in [0.1, 0.15) is 31.2 Å². The molecule has 2 saturated heterocycles. The number of imide groups is 1. The van der Waals surface area contributed by atoms with Crippen LogP contribution >= 0.6 is 0 Å². The van der Waals surface area contributed by atoms with E-state index in [2.05, 4.69) is 10.3 Å². The van der Waals surface area contributed by atoms with Gasteiger partial charge in [-0.1, -0.05) is 6.42 Å². The molecule has 122 valence electrons. The van der Waals surface area contributed by atoms with E-state index in [0.717, 1.165) is 37.9 Å². The van der Waals surface area contributed by atoms with E-state index in [1.807, 2.05) is 0 Å². The second-order valence-electron chi connectivity index (χ2n) is 5.95. The summed E-state index contributed by atoms with van der Waals surface area (Å²) in [4.78, 5) is 29.9. The van der Waals surface area contributed by atoms with Gasteiger partial charge in [-0.15, -0.1) is 0 Å². The van der Waals surface area contributed by atoms with Crippen LogP contribution in [-0.4, -0.2) is 41.6 Å². The van der Waals surface area contributed by atoms with Crippen LogP contribution in [-0.2, 0) is 9.53 Å². The highest BCUT2D eigenvalue weighted by molar-refractivity contribution is 6.13. The molecule has 2 aliphatic rings. The van der Waals surface area contributed by atoms with Gasteiger partial charge in [0.15, 0.2) is 0 Å². The number of urea groups is 1. The number of rotatable bonds is 3. The smallest absolute Gasteiger partial charge is 0.329 e. The fourth-order valence-corrected chi connectivity index (χ4v) is 2.94. The summed E-state index contributed by atoms with van der Waals surface area (Å²) in [6, 6.07) is 3.25. The van der Waals surface area contributed by atoms with Gasteiger partial charge in [-0.2, -0.15) is 0 Å². The SMILES string of the molecule is O=C1NC(=Cc2ccncc2)C(=O)N1CC1CCCCOCC1. The number of carbonyl (C=O) groups excluding carboxylic acids is 2. The van der Waals surface area contributed by atoms with E-state index in [4.69, 9.17) is 4.74 Å². The van der Waals surface area contributed by atoms with Crippen LogP contribution in [0.2, 0.25) is 0 Å². The minimum atomic E-state index is -0.335. The maximum absolute atomic E-state index is 12.5. The number of hydrogen-bond donors (Lipinski definition) is 1. The lowest BCUT2D eigenvalue weighted by atomic mass is 9.97. The first kappa shape index (κ1) is 15.7. The van der Waals surface area contributed by atoms with E-state index in [9.17, 15) is 9.59 Å². The van der Waals surface area contributed by atoms with Crippen molar-refractivity contribution in [3.05, 3.63) is 35.8 Å². The van der Waals surface area contributed by atoms with Crippen LogP contribution in [0.3, 0.4) is 0 Å². The highest BCUT2D eigenvalue weighted by Gasteiger charge is 2.34. The Labute approximate surface area is 135 Å². The molecule has 6 heteroatoms. The molecule has 3 heterocycles. The van der Waals surface area contributed by atoms with Crippen molar-refractivity contribution >= 4 is 18.0 Å². The number of aromatic nitrogens is 1. The number of hydrogen-bond acceptors (Lipinski definition) is 4. The Balaban J connectivity index is 1.67. The molecule has 0 radical (unpaired) electrons. The average Bonchev–Trinajstić information content (AvgIpc) is 2.78. The molecule has 6 nitrogen and oxygen atoms in total. The summed E-state index contributed by atoms with van der Waals surface area (Å²) in [7, 11) is 0. The zero-order chi connectivity index (χ0) is 16.1. The van der Waals surface area contributed by atoms with Crippen molar-refractivity contribution in [2.24, 2.45) is 5.92 Å². The fraction of sp³-hybridized carbons (Fsp3) is 0.471. The van der Waals surface area contributed by atoms with Crippen LogP contribution in [0.5, 0.6) is 0 Å². The molecule has 0 saturated carbocycles. The number of carbonyl (C=O) groups is 2. The molecule has 1 unspecified atom stereocenters. The summed E-state index contributed by atoms with van der Waals surface area (Å²) in [5, 5.41) is 2.67. The molecule has 0 aromatic carbocycles. The van der Waals surface area contributed by atoms with Crippen molar-refractivity contribution in [1.29, 1.82) is 0 Å². The van der Waals surface area contributed by atoms with E-state index in [-0.39, 0.29) is 11.9 Å². The lowest BCUT2D eigenvalue weighted by Crippen LogP contribution is -2.36. The molecule has 2 fully saturated rings. The zero-order valence-electron chi connectivity index (χ0n) is 13.0. The Morgan fingerprint density at radius 1 is 1.22 bits per heavy atom. The molecule has 3 rings (SSSR count). The lowest BCUT2D eigenvalue weighted by Gasteiger charge is -2.23. The third kappa shape index (κ3) is 3.96. The number of nitrogens with zero attached hydrogens (tertiary/aromatic N) is 2. The highest BCUT2D eigenvalue weighted by Crippen LogP contribution is 2.21. The quantitative estimate of drug-likeness (QED) is 0.685. The van der Waals surface area contributed by atoms with Crippen molar-refractivity contribution in [2.75, 3.05) is 19.8 Å². The molecule has 2 aliphatic heterocycles. The molecule has 1 N–H and O–H groups in total. The molecular weight excluding hydrogens is 294 g/mol. The molecule has 1 aromatic heterocycles. The van der Waals surface area contributed by atoms with Gasteiger partial charge in [0.05, 0.1) is 0 Å². The van der Waals surface area contributed by atoms with Gasteiger partial charge in [0.2, 0.25) is 0 Å². The van der Waals surface area contributed by atoms with Gasteiger partial charge < -0.3 is 10.1 Å². The van der Waals surface area contributed by atoms with Gasteiger partial charge in [0.25, 0.3) is 5.91 Å². The number of amides is 3. The average molecular weight is 315 g/mol. The zero-order valence-corrected chi connectivity index (χ0v) is 13.0. The van der Waals surface area contributed by atoms with Crippen molar-refractivity contribution < 1.29 is 14.3 Å². The first-order valence-corrected chi connectivity index (χ1v) is 8.06. The van der Waals surface area contributed by atoms with Crippen LogP contribution in [0, 0.1) is 5.92 Å². The molecule has 23 heavy (non-hydrogen) atoms. The van der Waals surface area contributed by atoms with Crippen molar-refractivity contribution in [3.63, 3.8) is 0 Å². The maximum atomic E-state index is 12.5. The normalized spacial score (nSPS) is 24.4. The van der Waals surface area contributed by atoms with Crippen molar-refractivity contribution in [1.82, 2.24) is 15.2 Å². The molecule has 0 bridgehead atoms. The molecular formula is C17H21N3O3. The van der Waals surface area contributed by atoms with Crippen LogP contribution in [0.15, 0.2) is 30.2 Å². The topological polar surface area (TPSA) is 71.5 Å². The van der Waals surface area contributed by atoms with Gasteiger partial charge in [-0.3, -0.25) is 14.7 Å². The third-order valence-corrected chi connectivity index (χ3v) is 4.24. The van der Waals surface area contributed by atoms with E-state index in [1.165, 1.54) is 4.90 Å². The second-order valence-corrected chi connectivity index (χ2v) is 5.95. The number of ether oxygens (including phenoxy) is 1. The summed E-state index contributed by atoms with van der Waals surface area (Å²) in [6.45, 7) is 1.98. The Hall–Kier alpha value is -2.21. The van der Waals surface area contributed by atoms with E-state index >= 15 is 0 Å². The van der Waals surface area contributed by atoms with Gasteiger partial charge in [0, 0.05) is 32.2 Å². The summed E-state index contributed by atoms with van der Waals surface area (Å²) in [5.74, 6) is 0.0556. The lowest BCUT2D eigenvalue weighted by molar-refractivity contribution is -0.123. The molecule has 1 atom stereocenters. The third-order valence-electron chi connectivity index (χ3n) is 4.24. The maximum Gasteiger partial charge on any atom is 0.329 e. The molecule has 3 amide bonds. The monoisotopic (exact) mass is 315 g/mol. The van der Waals surface area contributed by atoms with E-state index < -0.39 is 0 Å². The van der Waals surface area contributed by atoms with E-state index in [0.29, 0.717) is 24.8 Å². The molecule has 0 aliphatic carbocycles. The second kappa shape index (κ2) is 7.37. The van der Waals surface area contributed by atoms with Crippen molar-refractivity contribution in [2.45, 2.75) is 25.7 Å². The van der Waals surface area contributed by atoms with Crippen LogP contribution < -0.4 is 5.32 Å². The van der Waals surface area contributed by atoms with Gasteiger partial charge in [-0.05, 0) is 49.0 Å². The van der Waals surface area contributed by atoms with E-state index in [1.54, 1.807) is 30.6 Å². The largest absolute Gasteiger partial charge is 0.381 e. The summed E-state index contributed by atoms with van der Waals surface area (Å²) < 4.78 is 5.50. The predicted molar refractivity (Wildman–Crippen MR) is 85.2 cm³/mol. The minimum Gasteiger partial charge on any atom is -0.381 e. The van der Waals surface area contributed by atoms with Crippen LogP contribution in [0.4, 0.5) is 4.79 Å². The standard InChI is InChI=1S/C17H21N3O3/c21-16-15(11-13-4-7-18-8-5-13)19-17(22)20(16)12-14-3-1-2-9-23-10-6-14/h4-5,7-8,11,14H,1-3,6,9-10,12H2,(H,19,22). The fourth-order valence-electron chi connectivity index (χ4n) is 2.94. The molecule has 1 aromatic rings. The summed E-state index contributed by atoms with van der Waals surface area (Å²) in [5.41, 5.74) is 1.16. The Bertz CT molecular complexity index is 592. The Kier molecular flexibility index (Phi) is 5.02. The van der Waals surface area contributed by atoms with Crippen molar-refractivity contribution in [3.8, 4) is 0 Å². The number of pyridine rings is 1. The first-order valence-electron chi connectivity index (χ1n) is 8.06. The van der Waals surface area contributed by atoms with Gasteiger partial charge >= 0.3 is 6.03 Å². The molecule has 0 spiro atoms. The summed E-state index contributed by atoms with van der Waals surface area (Å²) in [6.07, 6.45) is 9.03. The Morgan fingerprint density at radius 3 is 2.87 bits per heavy atom. The van der Waals surface area contributed by atoms with Gasteiger partial charge in [0.1, 0.15) is 5.70 Å². The number of nitrogens with one attached hydrogen (secondary N) is 1.